The molecule has 8 nitrogen and oxygen atoms in total. The Kier molecular flexibility index (Phi) is 5.19. The highest BCUT2D eigenvalue weighted by Gasteiger charge is 2.14. The fourth-order valence-corrected chi connectivity index (χ4v) is 2.25. The Morgan fingerprint density at radius 1 is 1.12 bits per heavy atom. The van der Waals surface area contributed by atoms with Crippen LogP contribution in [-0.4, -0.2) is 31.8 Å². The Morgan fingerprint density at radius 2 is 1.92 bits per heavy atom. The molecule has 8 heteroatoms. The third-order valence-corrected chi connectivity index (χ3v) is 3.39. The summed E-state index contributed by atoms with van der Waals surface area (Å²) in [5.41, 5.74) is 0.876. The molecule has 3 amide bonds. The van der Waals surface area contributed by atoms with Crippen molar-refractivity contribution in [2.45, 2.75) is 0 Å². The van der Waals surface area contributed by atoms with Crippen LogP contribution in [-0.2, 0) is 4.79 Å². The Balaban J connectivity index is 1.50. The molecular weight excluding hydrogens is 338 g/mol. The number of carbonyl (C=O) groups excluding carboxylic acids is 2. The van der Waals surface area contributed by atoms with Crippen LogP contribution < -0.4 is 24.8 Å². The van der Waals surface area contributed by atoms with Gasteiger partial charge in [-0.3, -0.25) is 10.1 Å². The smallest absolute Gasteiger partial charge is 0.325 e. The van der Waals surface area contributed by atoms with Gasteiger partial charge in [-0.1, -0.05) is 6.07 Å². The van der Waals surface area contributed by atoms with Crippen LogP contribution in [0.4, 0.5) is 10.5 Å². The van der Waals surface area contributed by atoms with Gasteiger partial charge < -0.3 is 19.5 Å². The SMILES string of the molecule is N#Cc1cccc(OCC(=O)NC(=O)Nc2ccc3c(c2)OCCO3)c1. The predicted molar refractivity (Wildman–Crippen MR) is 91.2 cm³/mol. The Bertz CT molecular complexity index is 875. The lowest BCUT2D eigenvalue weighted by Crippen LogP contribution is -2.37. The van der Waals surface area contributed by atoms with E-state index in [0.29, 0.717) is 41.7 Å². The summed E-state index contributed by atoms with van der Waals surface area (Å²) >= 11 is 0. The summed E-state index contributed by atoms with van der Waals surface area (Å²) in [6, 6.07) is 12.6. The number of hydrogen-bond acceptors (Lipinski definition) is 6. The van der Waals surface area contributed by atoms with Crippen LogP contribution in [0.2, 0.25) is 0 Å². The summed E-state index contributed by atoms with van der Waals surface area (Å²) in [5, 5.41) is 13.5. The molecule has 0 saturated heterocycles. The van der Waals surface area contributed by atoms with Crippen LogP contribution in [0.3, 0.4) is 0 Å². The minimum Gasteiger partial charge on any atom is -0.486 e. The van der Waals surface area contributed by atoms with E-state index in [1.54, 1.807) is 36.4 Å². The number of nitriles is 1. The molecule has 0 saturated carbocycles. The number of anilines is 1. The molecule has 0 aliphatic carbocycles. The summed E-state index contributed by atoms with van der Waals surface area (Å²) in [6.45, 7) is 0.557. The zero-order valence-electron chi connectivity index (χ0n) is 13.7. The fraction of sp³-hybridized carbons (Fsp3) is 0.167. The average molecular weight is 353 g/mol. The van der Waals surface area contributed by atoms with Crippen molar-refractivity contribution in [2.75, 3.05) is 25.1 Å². The average Bonchev–Trinajstić information content (AvgIpc) is 2.66. The van der Waals surface area contributed by atoms with Gasteiger partial charge in [-0.05, 0) is 30.3 Å². The first kappa shape index (κ1) is 17.1. The molecule has 2 aromatic carbocycles. The van der Waals surface area contributed by atoms with Crippen molar-refractivity contribution in [3.8, 4) is 23.3 Å². The second-order valence-electron chi connectivity index (χ2n) is 5.29. The number of rotatable bonds is 4. The molecule has 2 aromatic rings. The van der Waals surface area contributed by atoms with Gasteiger partial charge in [-0.25, -0.2) is 4.79 Å². The third-order valence-electron chi connectivity index (χ3n) is 3.39. The number of fused-ring (bicyclic) bond motifs is 1. The van der Waals surface area contributed by atoms with E-state index in [-0.39, 0.29) is 6.61 Å². The lowest BCUT2D eigenvalue weighted by molar-refractivity contribution is -0.121. The van der Waals surface area contributed by atoms with Crippen LogP contribution in [0.25, 0.3) is 0 Å². The Labute approximate surface area is 149 Å². The molecule has 0 fully saturated rings. The number of urea groups is 1. The van der Waals surface area contributed by atoms with E-state index < -0.39 is 11.9 Å². The Hall–Kier alpha value is -3.73. The monoisotopic (exact) mass is 353 g/mol. The molecule has 26 heavy (non-hydrogen) atoms. The van der Waals surface area contributed by atoms with Gasteiger partial charge in [-0.2, -0.15) is 5.26 Å². The van der Waals surface area contributed by atoms with Gasteiger partial charge in [0.1, 0.15) is 19.0 Å². The van der Waals surface area contributed by atoms with Gasteiger partial charge in [0.2, 0.25) is 0 Å². The van der Waals surface area contributed by atoms with Gasteiger partial charge in [0.05, 0.1) is 11.6 Å². The molecule has 0 atom stereocenters. The minimum absolute atomic E-state index is 0.358. The number of nitrogens with zero attached hydrogens (tertiary/aromatic N) is 1. The van der Waals surface area contributed by atoms with Crippen LogP contribution in [0.5, 0.6) is 17.2 Å². The van der Waals surface area contributed by atoms with Crippen molar-refractivity contribution < 1.29 is 23.8 Å². The summed E-state index contributed by atoms with van der Waals surface area (Å²) in [6.07, 6.45) is 0. The second-order valence-corrected chi connectivity index (χ2v) is 5.29. The fourth-order valence-electron chi connectivity index (χ4n) is 2.25. The first-order chi connectivity index (χ1) is 12.6. The molecule has 0 radical (unpaired) electrons. The van der Waals surface area contributed by atoms with Crippen LogP contribution in [0.15, 0.2) is 42.5 Å². The second kappa shape index (κ2) is 7.90. The van der Waals surface area contributed by atoms with E-state index in [2.05, 4.69) is 10.6 Å². The van der Waals surface area contributed by atoms with E-state index in [4.69, 9.17) is 19.5 Å². The number of carbonyl (C=O) groups is 2. The topological polar surface area (TPSA) is 110 Å². The van der Waals surface area contributed by atoms with E-state index >= 15 is 0 Å². The van der Waals surface area contributed by atoms with E-state index in [0.717, 1.165) is 0 Å². The van der Waals surface area contributed by atoms with E-state index in [1.165, 1.54) is 6.07 Å². The maximum absolute atomic E-state index is 11.9. The van der Waals surface area contributed by atoms with Gasteiger partial charge in [0.15, 0.2) is 18.1 Å². The minimum atomic E-state index is -0.693. The van der Waals surface area contributed by atoms with Crippen molar-refractivity contribution in [3.63, 3.8) is 0 Å². The third kappa shape index (κ3) is 4.42. The normalized spacial score (nSPS) is 11.8. The molecule has 1 aliphatic heterocycles. The van der Waals surface area contributed by atoms with Gasteiger partial charge in [0, 0.05) is 11.8 Å². The predicted octanol–water partition coefficient (Wildman–Crippen LogP) is 2.06. The standard InChI is InChI=1S/C18H15N3O5/c19-10-12-2-1-3-14(8-12)26-11-17(22)21-18(23)20-13-4-5-15-16(9-13)25-7-6-24-15/h1-5,8-9H,6-7,11H2,(H2,20,21,22,23). The molecule has 0 bridgehead atoms. The highest BCUT2D eigenvalue weighted by atomic mass is 16.6. The summed E-state index contributed by atoms with van der Waals surface area (Å²) in [5.74, 6) is 0.876. The van der Waals surface area contributed by atoms with Crippen molar-refractivity contribution >= 4 is 17.6 Å². The lowest BCUT2D eigenvalue weighted by Gasteiger charge is -2.19. The van der Waals surface area contributed by atoms with E-state index in [1.807, 2.05) is 6.07 Å². The number of ether oxygens (including phenoxy) is 3. The maximum atomic E-state index is 11.9. The molecule has 132 valence electrons. The molecule has 3 rings (SSSR count). The highest BCUT2D eigenvalue weighted by molar-refractivity contribution is 6.01. The van der Waals surface area contributed by atoms with Crippen molar-refractivity contribution in [1.29, 1.82) is 5.26 Å². The number of hydrogen-bond donors (Lipinski definition) is 2. The zero-order valence-corrected chi connectivity index (χ0v) is 13.7. The molecule has 2 N–H and O–H groups in total. The summed E-state index contributed by atoms with van der Waals surface area (Å²) in [7, 11) is 0. The zero-order chi connectivity index (χ0) is 18.4. The quantitative estimate of drug-likeness (QED) is 0.871. The number of benzene rings is 2. The molecule has 1 heterocycles. The van der Waals surface area contributed by atoms with Crippen LogP contribution in [0, 0.1) is 11.3 Å². The molecule has 0 unspecified atom stereocenters. The molecule has 0 aromatic heterocycles. The summed E-state index contributed by atoms with van der Waals surface area (Å²) in [4.78, 5) is 23.7. The van der Waals surface area contributed by atoms with Gasteiger partial charge in [-0.15, -0.1) is 0 Å². The van der Waals surface area contributed by atoms with Gasteiger partial charge in [0.25, 0.3) is 5.91 Å². The Morgan fingerprint density at radius 3 is 2.73 bits per heavy atom. The lowest BCUT2D eigenvalue weighted by atomic mass is 10.2. The highest BCUT2D eigenvalue weighted by Crippen LogP contribution is 2.32. The molecule has 0 spiro atoms. The van der Waals surface area contributed by atoms with Gasteiger partial charge >= 0.3 is 6.03 Å². The van der Waals surface area contributed by atoms with Crippen molar-refractivity contribution in [1.82, 2.24) is 5.32 Å². The molecule has 1 aliphatic rings. The number of imide groups is 1. The van der Waals surface area contributed by atoms with Crippen LogP contribution in [0.1, 0.15) is 5.56 Å². The first-order valence-electron chi connectivity index (χ1n) is 7.77. The number of nitrogens with one attached hydrogen (secondary N) is 2. The molecular formula is C18H15N3O5. The number of amides is 3. The first-order valence-corrected chi connectivity index (χ1v) is 7.77. The largest absolute Gasteiger partial charge is 0.486 e. The van der Waals surface area contributed by atoms with Crippen molar-refractivity contribution in [2.24, 2.45) is 0 Å². The van der Waals surface area contributed by atoms with Crippen LogP contribution >= 0.6 is 0 Å². The van der Waals surface area contributed by atoms with E-state index in [9.17, 15) is 9.59 Å². The van der Waals surface area contributed by atoms with Crippen molar-refractivity contribution in [3.05, 3.63) is 48.0 Å². The summed E-state index contributed by atoms with van der Waals surface area (Å²) < 4.78 is 16.1. The maximum Gasteiger partial charge on any atom is 0.325 e.